The van der Waals surface area contributed by atoms with Crippen molar-refractivity contribution >= 4 is 15.9 Å². The highest BCUT2D eigenvalue weighted by Crippen LogP contribution is 2.15. The first-order chi connectivity index (χ1) is 8.29. The van der Waals surface area contributed by atoms with Gasteiger partial charge in [-0.25, -0.2) is 0 Å². The van der Waals surface area contributed by atoms with Crippen molar-refractivity contribution in [2.45, 2.75) is 6.61 Å². The minimum absolute atomic E-state index is 0.262. The van der Waals surface area contributed by atoms with Crippen molar-refractivity contribution in [3.8, 4) is 11.9 Å². The SMILES string of the molecule is N#Cc1ccnnc1OCc1ccc(Br)cc1. The van der Waals surface area contributed by atoms with Crippen LogP contribution in [0.4, 0.5) is 0 Å². The number of nitrogens with zero attached hydrogens (tertiary/aromatic N) is 3. The topological polar surface area (TPSA) is 58.8 Å². The Balaban J connectivity index is 2.08. The Morgan fingerprint density at radius 1 is 1.24 bits per heavy atom. The zero-order valence-corrected chi connectivity index (χ0v) is 10.4. The monoisotopic (exact) mass is 289 g/mol. The van der Waals surface area contributed by atoms with Gasteiger partial charge in [-0.1, -0.05) is 28.1 Å². The van der Waals surface area contributed by atoms with E-state index in [9.17, 15) is 0 Å². The third kappa shape index (κ3) is 3.02. The van der Waals surface area contributed by atoms with Gasteiger partial charge in [0.05, 0.1) is 6.20 Å². The predicted octanol–water partition coefficient (Wildman–Crippen LogP) is 2.69. The summed E-state index contributed by atoms with van der Waals surface area (Å²) in [6.45, 7) is 0.362. The first-order valence-corrected chi connectivity index (χ1v) is 5.68. The van der Waals surface area contributed by atoms with E-state index in [1.807, 2.05) is 30.3 Å². The van der Waals surface area contributed by atoms with Crippen molar-refractivity contribution in [3.05, 3.63) is 52.1 Å². The van der Waals surface area contributed by atoms with E-state index in [0.29, 0.717) is 12.2 Å². The average molecular weight is 290 g/mol. The van der Waals surface area contributed by atoms with Crippen LogP contribution in [-0.2, 0) is 6.61 Å². The number of rotatable bonds is 3. The molecule has 2 aromatic rings. The fourth-order valence-electron chi connectivity index (χ4n) is 1.24. The van der Waals surface area contributed by atoms with E-state index in [0.717, 1.165) is 10.0 Å². The molecule has 17 heavy (non-hydrogen) atoms. The van der Waals surface area contributed by atoms with Crippen LogP contribution in [-0.4, -0.2) is 10.2 Å². The standard InChI is InChI=1S/C12H8BrN3O/c13-11-3-1-9(2-4-11)8-17-12-10(7-14)5-6-15-16-12/h1-6H,8H2. The second-order valence-corrected chi connectivity index (χ2v) is 4.19. The molecule has 0 aliphatic rings. The van der Waals surface area contributed by atoms with Gasteiger partial charge in [0, 0.05) is 4.47 Å². The summed E-state index contributed by atoms with van der Waals surface area (Å²) < 4.78 is 6.45. The number of nitriles is 1. The van der Waals surface area contributed by atoms with Crippen molar-refractivity contribution in [1.82, 2.24) is 10.2 Å². The lowest BCUT2D eigenvalue weighted by molar-refractivity contribution is 0.289. The number of ether oxygens (including phenoxy) is 1. The highest BCUT2D eigenvalue weighted by Gasteiger charge is 2.04. The minimum atomic E-state index is 0.262. The molecule has 84 valence electrons. The summed E-state index contributed by atoms with van der Waals surface area (Å²) in [6, 6.07) is 11.3. The number of aromatic nitrogens is 2. The molecule has 1 aromatic heterocycles. The zero-order chi connectivity index (χ0) is 12.1. The van der Waals surface area contributed by atoms with Crippen molar-refractivity contribution in [3.63, 3.8) is 0 Å². The molecule has 0 atom stereocenters. The van der Waals surface area contributed by atoms with E-state index in [2.05, 4.69) is 26.1 Å². The van der Waals surface area contributed by atoms with Crippen LogP contribution in [0.15, 0.2) is 41.0 Å². The Morgan fingerprint density at radius 2 is 2.00 bits per heavy atom. The molecule has 0 spiro atoms. The molecule has 0 amide bonds. The van der Waals surface area contributed by atoms with Gasteiger partial charge in [-0.15, -0.1) is 5.10 Å². The molecule has 5 heteroatoms. The first kappa shape index (κ1) is 11.6. The summed E-state index contributed by atoms with van der Waals surface area (Å²) in [4.78, 5) is 0. The number of benzene rings is 1. The maximum Gasteiger partial charge on any atom is 0.251 e. The smallest absolute Gasteiger partial charge is 0.251 e. The second kappa shape index (κ2) is 5.41. The molecule has 0 fully saturated rings. The van der Waals surface area contributed by atoms with E-state index in [1.165, 1.54) is 6.20 Å². The van der Waals surface area contributed by atoms with Gasteiger partial charge < -0.3 is 4.74 Å². The Hall–Kier alpha value is -1.93. The van der Waals surface area contributed by atoms with Crippen LogP contribution in [0.2, 0.25) is 0 Å². The normalized spacial score (nSPS) is 9.65. The number of halogens is 1. The van der Waals surface area contributed by atoms with E-state index in [1.54, 1.807) is 6.07 Å². The molecular formula is C12H8BrN3O. The molecule has 0 N–H and O–H groups in total. The molecule has 1 heterocycles. The minimum Gasteiger partial charge on any atom is -0.471 e. The number of hydrogen-bond acceptors (Lipinski definition) is 4. The third-order valence-electron chi connectivity index (χ3n) is 2.10. The highest BCUT2D eigenvalue weighted by molar-refractivity contribution is 9.10. The lowest BCUT2D eigenvalue weighted by atomic mass is 10.2. The number of hydrogen-bond donors (Lipinski definition) is 0. The lowest BCUT2D eigenvalue weighted by Gasteiger charge is -2.05. The van der Waals surface area contributed by atoms with E-state index < -0.39 is 0 Å². The Kier molecular flexibility index (Phi) is 3.68. The van der Waals surface area contributed by atoms with Crippen LogP contribution < -0.4 is 4.74 Å². The Bertz CT molecular complexity index is 548. The molecule has 0 saturated carbocycles. The Labute approximate surface area is 107 Å². The molecule has 0 aliphatic heterocycles. The summed E-state index contributed by atoms with van der Waals surface area (Å²) in [5.74, 6) is 0.262. The molecule has 4 nitrogen and oxygen atoms in total. The third-order valence-corrected chi connectivity index (χ3v) is 2.62. The molecule has 1 aromatic carbocycles. The van der Waals surface area contributed by atoms with Crippen LogP contribution in [0.1, 0.15) is 11.1 Å². The van der Waals surface area contributed by atoms with E-state index in [-0.39, 0.29) is 5.88 Å². The van der Waals surface area contributed by atoms with Crippen molar-refractivity contribution < 1.29 is 4.74 Å². The maximum absolute atomic E-state index is 8.85. The molecule has 0 unspecified atom stereocenters. The van der Waals surface area contributed by atoms with Crippen LogP contribution >= 0.6 is 15.9 Å². The second-order valence-electron chi connectivity index (χ2n) is 3.28. The Morgan fingerprint density at radius 3 is 2.71 bits per heavy atom. The van der Waals surface area contributed by atoms with Crippen molar-refractivity contribution in [1.29, 1.82) is 5.26 Å². The fraction of sp³-hybridized carbons (Fsp3) is 0.0833. The molecule has 0 radical (unpaired) electrons. The van der Waals surface area contributed by atoms with Gasteiger partial charge in [0.15, 0.2) is 0 Å². The molecule has 0 bridgehead atoms. The molecular weight excluding hydrogens is 282 g/mol. The fourth-order valence-corrected chi connectivity index (χ4v) is 1.51. The zero-order valence-electron chi connectivity index (χ0n) is 8.80. The first-order valence-electron chi connectivity index (χ1n) is 4.88. The van der Waals surface area contributed by atoms with Gasteiger partial charge in [-0.2, -0.15) is 10.4 Å². The van der Waals surface area contributed by atoms with Crippen molar-refractivity contribution in [2.75, 3.05) is 0 Å². The summed E-state index contributed by atoms with van der Waals surface area (Å²) in [5, 5.41) is 16.3. The summed E-state index contributed by atoms with van der Waals surface area (Å²) in [7, 11) is 0. The van der Waals surface area contributed by atoms with Gasteiger partial charge in [-0.05, 0) is 23.8 Å². The van der Waals surface area contributed by atoms with Crippen LogP contribution in [0, 0.1) is 11.3 Å². The largest absolute Gasteiger partial charge is 0.471 e. The molecule has 2 rings (SSSR count). The van der Waals surface area contributed by atoms with E-state index >= 15 is 0 Å². The summed E-state index contributed by atoms with van der Waals surface area (Å²) in [5.41, 5.74) is 1.39. The maximum atomic E-state index is 8.85. The van der Waals surface area contributed by atoms with Crippen molar-refractivity contribution in [2.24, 2.45) is 0 Å². The van der Waals surface area contributed by atoms with Gasteiger partial charge >= 0.3 is 0 Å². The summed E-state index contributed by atoms with van der Waals surface area (Å²) in [6.07, 6.45) is 1.46. The van der Waals surface area contributed by atoms with Crippen LogP contribution in [0.5, 0.6) is 5.88 Å². The quantitative estimate of drug-likeness (QED) is 0.872. The van der Waals surface area contributed by atoms with Crippen LogP contribution in [0.25, 0.3) is 0 Å². The average Bonchev–Trinajstić information content (AvgIpc) is 2.38. The highest BCUT2D eigenvalue weighted by atomic mass is 79.9. The van der Waals surface area contributed by atoms with Crippen LogP contribution in [0.3, 0.4) is 0 Å². The molecule has 0 saturated heterocycles. The van der Waals surface area contributed by atoms with E-state index in [4.69, 9.17) is 10.00 Å². The van der Waals surface area contributed by atoms with Gasteiger partial charge in [0.2, 0.25) is 0 Å². The van der Waals surface area contributed by atoms with Gasteiger partial charge in [-0.3, -0.25) is 0 Å². The van der Waals surface area contributed by atoms with Gasteiger partial charge in [0.1, 0.15) is 18.2 Å². The lowest BCUT2D eigenvalue weighted by Crippen LogP contribution is -2.00. The predicted molar refractivity (Wildman–Crippen MR) is 65.2 cm³/mol. The summed E-state index contributed by atoms with van der Waals surface area (Å²) >= 11 is 3.36. The molecule has 0 aliphatic carbocycles. The van der Waals surface area contributed by atoms with Gasteiger partial charge in [0.25, 0.3) is 5.88 Å².